The van der Waals surface area contributed by atoms with E-state index in [-0.39, 0.29) is 0 Å². The lowest BCUT2D eigenvalue weighted by molar-refractivity contribution is 0.0723. The lowest BCUT2D eigenvalue weighted by Crippen LogP contribution is -2.15. The highest BCUT2D eigenvalue weighted by Gasteiger charge is 2.24. The fourth-order valence-electron chi connectivity index (χ4n) is 10.4. The molecule has 0 heterocycles. The molecule has 6 nitrogen and oxygen atoms in total. The van der Waals surface area contributed by atoms with Crippen molar-refractivity contribution in [3.05, 3.63) is 132 Å². The van der Waals surface area contributed by atoms with E-state index in [2.05, 4.69) is 13.8 Å². The zero-order chi connectivity index (χ0) is 44.1. The Hall–Kier alpha value is -5.62. The summed E-state index contributed by atoms with van der Waals surface area (Å²) in [6, 6.07) is 37.9. The van der Waals surface area contributed by atoms with Crippen LogP contribution in [0.4, 0.5) is 0 Å². The number of carbonyl (C=O) groups is 2. The molecule has 0 amide bonds. The molecule has 6 aromatic carbocycles. The first-order chi connectivity index (χ1) is 31.4. The van der Waals surface area contributed by atoms with Crippen molar-refractivity contribution >= 4 is 33.5 Å². The second-order valence-corrected chi connectivity index (χ2v) is 18.5. The van der Waals surface area contributed by atoms with Gasteiger partial charge in [-0.15, -0.1) is 0 Å². The maximum absolute atomic E-state index is 13.9. The number of carbonyl (C=O) groups excluding carboxylic acids is 2. The van der Waals surface area contributed by atoms with Gasteiger partial charge in [-0.05, 0) is 132 Å². The van der Waals surface area contributed by atoms with Crippen molar-refractivity contribution in [3.63, 3.8) is 0 Å². The van der Waals surface area contributed by atoms with Gasteiger partial charge in [0.05, 0.1) is 24.3 Å². The Morgan fingerprint density at radius 2 is 0.797 bits per heavy atom. The van der Waals surface area contributed by atoms with E-state index in [4.69, 9.17) is 18.9 Å². The van der Waals surface area contributed by atoms with Crippen LogP contribution >= 0.6 is 0 Å². The Bertz CT molecular complexity index is 2260. The van der Waals surface area contributed by atoms with Gasteiger partial charge in [-0.2, -0.15) is 0 Å². The van der Waals surface area contributed by atoms with Crippen LogP contribution < -0.4 is 18.9 Å². The lowest BCUT2D eigenvalue weighted by Gasteiger charge is -2.28. The van der Waals surface area contributed by atoms with E-state index in [0.717, 1.165) is 69.6 Å². The van der Waals surface area contributed by atoms with Gasteiger partial charge >= 0.3 is 11.9 Å². The normalized spacial score (nSPS) is 18.7. The van der Waals surface area contributed by atoms with Crippen molar-refractivity contribution in [2.24, 2.45) is 23.7 Å². The van der Waals surface area contributed by atoms with Crippen LogP contribution in [0.5, 0.6) is 23.0 Å². The van der Waals surface area contributed by atoms with Crippen LogP contribution in [0.3, 0.4) is 0 Å². The molecule has 6 heteroatoms. The third-order valence-corrected chi connectivity index (χ3v) is 14.0. The van der Waals surface area contributed by atoms with Crippen LogP contribution in [0.2, 0.25) is 0 Å². The zero-order valence-corrected chi connectivity index (χ0v) is 38.0. The quantitative estimate of drug-likeness (QED) is 0.0459. The van der Waals surface area contributed by atoms with E-state index >= 15 is 0 Å². The standard InChI is InChI=1S/C58H66O6/c1-3-11-41-19-23-43(24-20-41)13-9-39-61-49-33-27-47(28-34-49)57(59)63-53-37-31-45-15-5-7-17-51(45)55(53)56-52-18-8-6-16-46(52)32-38-54(56)64-58(60)48-29-35-50(36-30-48)62-40-10-14-44-25-21-42(12-4-2)22-26-44/h5-8,15-18,27-38,41-44H,3-4,9-14,19-26,39-40H2,1-2H3. The molecule has 2 fully saturated rings. The number of ether oxygens (including phenoxy) is 4. The first-order valence-electron chi connectivity index (χ1n) is 24.4. The third-order valence-electron chi connectivity index (χ3n) is 14.0. The van der Waals surface area contributed by atoms with Gasteiger partial charge in [-0.3, -0.25) is 0 Å². The van der Waals surface area contributed by atoms with Crippen LogP contribution in [-0.2, 0) is 0 Å². The molecule has 0 spiro atoms. The number of rotatable bonds is 19. The summed E-state index contributed by atoms with van der Waals surface area (Å²) in [5.41, 5.74) is 2.17. The summed E-state index contributed by atoms with van der Waals surface area (Å²) in [5.74, 6) is 4.72. The van der Waals surface area contributed by atoms with Crippen LogP contribution in [0, 0.1) is 23.7 Å². The molecule has 334 valence electrons. The molecule has 2 aliphatic carbocycles. The van der Waals surface area contributed by atoms with Crippen molar-refractivity contribution in [1.29, 1.82) is 0 Å². The molecule has 6 aromatic rings. The Kier molecular flexibility index (Phi) is 15.7. The van der Waals surface area contributed by atoms with Crippen LogP contribution in [-0.4, -0.2) is 25.2 Å². The monoisotopic (exact) mass is 858 g/mol. The topological polar surface area (TPSA) is 71.1 Å². The van der Waals surface area contributed by atoms with Crippen LogP contribution in [0.15, 0.2) is 121 Å². The Morgan fingerprint density at radius 3 is 1.17 bits per heavy atom. The minimum absolute atomic E-state index is 0.368. The number of hydrogen-bond acceptors (Lipinski definition) is 6. The molecule has 0 bridgehead atoms. The Labute approximate surface area is 380 Å². The van der Waals surface area contributed by atoms with Gasteiger partial charge in [-0.1, -0.05) is 152 Å². The third kappa shape index (κ3) is 11.5. The van der Waals surface area contributed by atoms with Crippen molar-refractivity contribution in [1.82, 2.24) is 0 Å². The number of hydrogen-bond donors (Lipinski definition) is 0. The van der Waals surface area contributed by atoms with Gasteiger partial charge in [0.2, 0.25) is 0 Å². The molecular formula is C58H66O6. The molecule has 64 heavy (non-hydrogen) atoms. The van der Waals surface area contributed by atoms with E-state index in [1.165, 1.54) is 89.9 Å². The molecule has 0 aliphatic heterocycles. The maximum atomic E-state index is 13.9. The van der Waals surface area contributed by atoms with E-state index in [1.807, 2.05) is 97.1 Å². The van der Waals surface area contributed by atoms with E-state index in [0.29, 0.717) is 47.0 Å². The van der Waals surface area contributed by atoms with Crippen LogP contribution in [0.1, 0.15) is 137 Å². The minimum Gasteiger partial charge on any atom is -0.494 e. The van der Waals surface area contributed by atoms with E-state index < -0.39 is 11.9 Å². The second-order valence-electron chi connectivity index (χ2n) is 18.5. The van der Waals surface area contributed by atoms with Crippen LogP contribution in [0.25, 0.3) is 32.7 Å². The Morgan fingerprint density at radius 1 is 0.438 bits per heavy atom. The molecule has 0 saturated heterocycles. The summed E-state index contributed by atoms with van der Waals surface area (Å²) in [6.45, 7) is 5.91. The predicted molar refractivity (Wildman–Crippen MR) is 260 cm³/mol. The Balaban J connectivity index is 0.943. The summed E-state index contributed by atoms with van der Waals surface area (Å²) >= 11 is 0. The molecule has 8 rings (SSSR count). The van der Waals surface area contributed by atoms with Crippen molar-refractivity contribution < 1.29 is 28.5 Å². The van der Waals surface area contributed by atoms with Gasteiger partial charge < -0.3 is 18.9 Å². The molecule has 0 N–H and O–H groups in total. The summed E-state index contributed by atoms with van der Waals surface area (Å²) in [5, 5.41) is 3.65. The molecule has 0 aromatic heterocycles. The summed E-state index contributed by atoms with van der Waals surface area (Å²) in [4.78, 5) is 27.8. The molecule has 2 saturated carbocycles. The highest BCUT2D eigenvalue weighted by Crippen LogP contribution is 2.46. The lowest BCUT2D eigenvalue weighted by atomic mass is 9.78. The molecule has 0 unspecified atom stereocenters. The number of benzene rings is 6. The summed E-state index contributed by atoms with van der Waals surface area (Å²) < 4.78 is 24.8. The first kappa shape index (κ1) is 45.0. The first-order valence-corrected chi connectivity index (χ1v) is 24.4. The predicted octanol–water partition coefficient (Wildman–Crippen LogP) is 15.6. The summed E-state index contributed by atoms with van der Waals surface area (Å²) in [6.07, 6.45) is 20.7. The average molecular weight is 859 g/mol. The zero-order valence-electron chi connectivity index (χ0n) is 38.0. The molecular weight excluding hydrogens is 793 g/mol. The second kappa shape index (κ2) is 22.3. The minimum atomic E-state index is -0.489. The van der Waals surface area contributed by atoms with Gasteiger partial charge in [0.1, 0.15) is 23.0 Å². The van der Waals surface area contributed by atoms with E-state index in [1.54, 1.807) is 24.3 Å². The summed E-state index contributed by atoms with van der Waals surface area (Å²) in [7, 11) is 0. The molecule has 0 radical (unpaired) electrons. The van der Waals surface area contributed by atoms with Gasteiger partial charge in [0.15, 0.2) is 0 Å². The number of fused-ring (bicyclic) bond motifs is 2. The molecule has 0 atom stereocenters. The smallest absolute Gasteiger partial charge is 0.343 e. The number of esters is 2. The highest BCUT2D eigenvalue weighted by molar-refractivity contribution is 6.11. The van der Waals surface area contributed by atoms with Gasteiger partial charge in [0.25, 0.3) is 0 Å². The average Bonchev–Trinajstić information content (AvgIpc) is 3.33. The van der Waals surface area contributed by atoms with Crippen molar-refractivity contribution in [2.45, 2.75) is 117 Å². The SMILES string of the molecule is CCCC1CCC(CCCOc2ccc(C(=O)Oc3ccc4ccccc4c3-c3c(OC(=O)c4ccc(OCCCC5CCC(CCC)CC5)cc4)ccc4ccccc34)cc2)CC1. The molecule has 2 aliphatic rings. The van der Waals surface area contributed by atoms with Gasteiger partial charge in [-0.25, -0.2) is 9.59 Å². The maximum Gasteiger partial charge on any atom is 0.343 e. The highest BCUT2D eigenvalue weighted by atomic mass is 16.5. The fourth-order valence-corrected chi connectivity index (χ4v) is 10.4. The van der Waals surface area contributed by atoms with Crippen molar-refractivity contribution in [2.75, 3.05) is 13.2 Å². The fraction of sp³-hybridized carbons (Fsp3) is 0.414. The van der Waals surface area contributed by atoms with Crippen molar-refractivity contribution in [3.8, 4) is 34.1 Å². The largest absolute Gasteiger partial charge is 0.494 e. The van der Waals surface area contributed by atoms with E-state index in [9.17, 15) is 9.59 Å². The van der Waals surface area contributed by atoms with Gasteiger partial charge in [0, 0.05) is 11.1 Å².